The highest BCUT2D eigenvalue weighted by molar-refractivity contribution is 7.89. The summed E-state index contributed by atoms with van der Waals surface area (Å²) < 4.78 is 40.1. The fourth-order valence-electron chi connectivity index (χ4n) is 1.70. The number of nitrogens with zero attached hydrogens (tertiary/aromatic N) is 2. The van der Waals surface area contributed by atoms with E-state index in [0.717, 1.165) is 11.8 Å². The highest BCUT2D eigenvalue weighted by Gasteiger charge is 2.20. The molecule has 0 aliphatic rings. The SMILES string of the molecule is Cc1ccc(CNS(=O)(=O)c2cccc(F)c2C#N)cn1. The van der Waals surface area contributed by atoms with Crippen molar-refractivity contribution < 1.29 is 12.8 Å². The number of rotatable bonds is 4. The fourth-order valence-corrected chi connectivity index (χ4v) is 2.88. The molecule has 0 spiro atoms. The van der Waals surface area contributed by atoms with Gasteiger partial charge in [-0.05, 0) is 30.7 Å². The van der Waals surface area contributed by atoms with Crippen molar-refractivity contribution >= 4 is 10.0 Å². The van der Waals surface area contributed by atoms with Crippen LogP contribution in [0, 0.1) is 24.1 Å². The molecule has 1 aromatic heterocycles. The monoisotopic (exact) mass is 305 g/mol. The Morgan fingerprint density at radius 3 is 2.71 bits per heavy atom. The van der Waals surface area contributed by atoms with E-state index in [2.05, 4.69) is 9.71 Å². The molecule has 0 atom stereocenters. The number of aryl methyl sites for hydroxylation is 1. The zero-order valence-corrected chi connectivity index (χ0v) is 12.0. The minimum absolute atomic E-state index is 0.0109. The molecule has 0 radical (unpaired) electrons. The second kappa shape index (κ2) is 5.99. The number of pyridine rings is 1. The van der Waals surface area contributed by atoms with Crippen molar-refractivity contribution in [2.45, 2.75) is 18.4 Å². The van der Waals surface area contributed by atoms with E-state index in [4.69, 9.17) is 5.26 Å². The zero-order valence-electron chi connectivity index (χ0n) is 11.2. The van der Waals surface area contributed by atoms with Gasteiger partial charge in [0.05, 0.1) is 0 Å². The van der Waals surface area contributed by atoms with Gasteiger partial charge in [0, 0.05) is 18.4 Å². The van der Waals surface area contributed by atoms with Crippen LogP contribution in [0.1, 0.15) is 16.8 Å². The van der Waals surface area contributed by atoms with Gasteiger partial charge >= 0.3 is 0 Å². The first-order valence-corrected chi connectivity index (χ1v) is 7.52. The van der Waals surface area contributed by atoms with E-state index in [1.165, 1.54) is 12.1 Å². The van der Waals surface area contributed by atoms with Gasteiger partial charge in [-0.15, -0.1) is 0 Å². The first kappa shape index (κ1) is 15.1. The largest absolute Gasteiger partial charge is 0.261 e. The normalized spacial score (nSPS) is 11.1. The van der Waals surface area contributed by atoms with E-state index < -0.39 is 21.4 Å². The lowest BCUT2D eigenvalue weighted by Crippen LogP contribution is -2.24. The molecule has 108 valence electrons. The van der Waals surface area contributed by atoms with Gasteiger partial charge in [0.25, 0.3) is 0 Å². The van der Waals surface area contributed by atoms with Gasteiger partial charge in [0.1, 0.15) is 22.3 Å². The van der Waals surface area contributed by atoms with E-state index in [9.17, 15) is 12.8 Å². The maximum absolute atomic E-state index is 13.5. The lowest BCUT2D eigenvalue weighted by Gasteiger charge is -2.08. The van der Waals surface area contributed by atoms with E-state index >= 15 is 0 Å². The topological polar surface area (TPSA) is 82.9 Å². The molecule has 21 heavy (non-hydrogen) atoms. The van der Waals surface area contributed by atoms with Crippen molar-refractivity contribution in [2.24, 2.45) is 0 Å². The molecule has 1 aromatic carbocycles. The van der Waals surface area contributed by atoms with Crippen LogP contribution in [0.5, 0.6) is 0 Å². The molecule has 5 nitrogen and oxygen atoms in total. The summed E-state index contributed by atoms with van der Waals surface area (Å²) in [5, 5.41) is 8.89. The minimum atomic E-state index is -3.97. The lowest BCUT2D eigenvalue weighted by atomic mass is 10.2. The third-order valence-electron chi connectivity index (χ3n) is 2.82. The van der Waals surface area contributed by atoms with Crippen LogP contribution in [0.25, 0.3) is 0 Å². The molecule has 1 N–H and O–H groups in total. The summed E-state index contributed by atoms with van der Waals surface area (Å²) in [6.45, 7) is 1.83. The van der Waals surface area contributed by atoms with Crippen molar-refractivity contribution in [2.75, 3.05) is 0 Å². The third-order valence-corrected chi connectivity index (χ3v) is 4.26. The number of nitrogens with one attached hydrogen (secondary N) is 1. The zero-order chi connectivity index (χ0) is 15.5. The van der Waals surface area contributed by atoms with Crippen molar-refractivity contribution in [3.63, 3.8) is 0 Å². The molecule has 0 bridgehead atoms. The van der Waals surface area contributed by atoms with Crippen LogP contribution >= 0.6 is 0 Å². The van der Waals surface area contributed by atoms with Crippen molar-refractivity contribution in [3.05, 3.63) is 59.2 Å². The average Bonchev–Trinajstić information content (AvgIpc) is 2.46. The lowest BCUT2D eigenvalue weighted by molar-refractivity contribution is 0.576. The summed E-state index contributed by atoms with van der Waals surface area (Å²) in [7, 11) is -3.97. The highest BCUT2D eigenvalue weighted by Crippen LogP contribution is 2.18. The van der Waals surface area contributed by atoms with Crippen LogP contribution in [0.4, 0.5) is 4.39 Å². The Kier molecular flexibility index (Phi) is 4.31. The number of sulfonamides is 1. The van der Waals surface area contributed by atoms with Crippen molar-refractivity contribution in [1.29, 1.82) is 5.26 Å². The van der Waals surface area contributed by atoms with Crippen molar-refractivity contribution in [1.82, 2.24) is 9.71 Å². The minimum Gasteiger partial charge on any atom is -0.261 e. The molecule has 7 heteroatoms. The molecule has 0 saturated carbocycles. The van der Waals surface area contributed by atoms with Crippen LogP contribution in [0.15, 0.2) is 41.4 Å². The Bertz CT molecular complexity index is 796. The van der Waals surface area contributed by atoms with Gasteiger partial charge < -0.3 is 0 Å². The quantitative estimate of drug-likeness (QED) is 0.935. The second-order valence-corrected chi connectivity index (χ2v) is 6.09. The Morgan fingerprint density at radius 2 is 2.10 bits per heavy atom. The molecule has 2 aromatic rings. The van der Waals surface area contributed by atoms with Gasteiger partial charge in [0.2, 0.25) is 10.0 Å². The van der Waals surface area contributed by atoms with Crippen LogP contribution in [0.3, 0.4) is 0 Å². The molecule has 0 saturated heterocycles. The summed E-state index contributed by atoms with van der Waals surface area (Å²) in [4.78, 5) is 3.68. The van der Waals surface area contributed by atoms with Gasteiger partial charge in [0.15, 0.2) is 0 Å². The molecule has 2 rings (SSSR count). The molecule has 0 unspecified atom stereocenters. The molecular weight excluding hydrogens is 293 g/mol. The number of halogens is 1. The average molecular weight is 305 g/mol. The standard InChI is InChI=1S/C14H12FN3O2S/c1-10-5-6-11(8-17-10)9-18-21(19,20)14-4-2-3-13(15)12(14)7-16/h2-6,8,18H,9H2,1H3. The summed E-state index contributed by atoms with van der Waals surface area (Å²) >= 11 is 0. The predicted molar refractivity (Wildman–Crippen MR) is 74.1 cm³/mol. The summed E-state index contributed by atoms with van der Waals surface area (Å²) in [6.07, 6.45) is 1.55. The van der Waals surface area contributed by atoms with Gasteiger partial charge in [-0.2, -0.15) is 5.26 Å². The molecule has 0 aliphatic heterocycles. The number of aromatic nitrogens is 1. The van der Waals surface area contributed by atoms with Crippen molar-refractivity contribution in [3.8, 4) is 6.07 Å². The van der Waals surface area contributed by atoms with Gasteiger partial charge in [-0.3, -0.25) is 4.98 Å². The summed E-state index contributed by atoms with van der Waals surface area (Å²) in [5.74, 6) is -0.864. The molecule has 0 fully saturated rings. The predicted octanol–water partition coefficient (Wildman–Crippen LogP) is 1.88. The maximum atomic E-state index is 13.5. The Balaban J connectivity index is 2.25. The number of hydrogen-bond donors (Lipinski definition) is 1. The Morgan fingerprint density at radius 1 is 1.33 bits per heavy atom. The van der Waals surface area contributed by atoms with E-state index in [0.29, 0.717) is 5.56 Å². The number of hydrogen-bond acceptors (Lipinski definition) is 4. The maximum Gasteiger partial charge on any atom is 0.242 e. The molecule has 0 aliphatic carbocycles. The summed E-state index contributed by atoms with van der Waals surface area (Å²) in [5.41, 5.74) is 0.990. The fraction of sp³-hybridized carbons (Fsp3) is 0.143. The second-order valence-electron chi connectivity index (χ2n) is 4.36. The van der Waals surface area contributed by atoms with Crippen LogP contribution in [-0.2, 0) is 16.6 Å². The number of benzene rings is 1. The number of nitriles is 1. The summed E-state index contributed by atoms with van der Waals surface area (Å²) in [6, 6.07) is 8.55. The highest BCUT2D eigenvalue weighted by atomic mass is 32.2. The molecule has 0 amide bonds. The Hall–Kier alpha value is -2.30. The molecular formula is C14H12FN3O2S. The first-order chi connectivity index (χ1) is 9.94. The third kappa shape index (κ3) is 3.42. The van der Waals surface area contributed by atoms with Gasteiger partial charge in [-0.1, -0.05) is 12.1 Å². The van der Waals surface area contributed by atoms with Crippen LogP contribution in [0.2, 0.25) is 0 Å². The van der Waals surface area contributed by atoms with E-state index in [1.807, 2.05) is 6.92 Å². The first-order valence-electron chi connectivity index (χ1n) is 6.04. The van der Waals surface area contributed by atoms with Crippen LogP contribution < -0.4 is 4.72 Å². The van der Waals surface area contributed by atoms with Gasteiger partial charge in [-0.25, -0.2) is 17.5 Å². The Labute approximate surface area is 122 Å². The van der Waals surface area contributed by atoms with E-state index in [1.54, 1.807) is 24.4 Å². The van der Waals surface area contributed by atoms with Crippen LogP contribution in [-0.4, -0.2) is 13.4 Å². The molecule has 1 heterocycles. The van der Waals surface area contributed by atoms with E-state index in [-0.39, 0.29) is 11.4 Å². The smallest absolute Gasteiger partial charge is 0.242 e.